The number of thiocarbonyl (C=S) groups is 1. The van der Waals surface area contributed by atoms with Gasteiger partial charge in [-0.05, 0) is 45.3 Å². The molecule has 2 saturated heterocycles. The van der Waals surface area contributed by atoms with Crippen molar-refractivity contribution in [1.82, 2.24) is 9.47 Å². The van der Waals surface area contributed by atoms with Gasteiger partial charge < -0.3 is 9.64 Å². The van der Waals surface area contributed by atoms with Crippen LogP contribution in [0.3, 0.4) is 0 Å². The fourth-order valence-electron chi connectivity index (χ4n) is 4.31. The summed E-state index contributed by atoms with van der Waals surface area (Å²) in [6, 6.07) is 2.09. The molecular weight excluding hydrogens is 444 g/mol. The monoisotopic (exact) mass is 474 g/mol. The molecule has 3 heterocycles. The van der Waals surface area contributed by atoms with Gasteiger partial charge in [-0.1, -0.05) is 37.8 Å². The van der Waals surface area contributed by atoms with Crippen molar-refractivity contribution in [2.45, 2.75) is 66.2 Å². The number of aromatic nitrogens is 1. The van der Waals surface area contributed by atoms with Gasteiger partial charge in [0.2, 0.25) is 0 Å². The van der Waals surface area contributed by atoms with Gasteiger partial charge in [-0.25, -0.2) is 0 Å². The predicted octanol–water partition coefficient (Wildman–Crippen LogP) is 3.66. The van der Waals surface area contributed by atoms with Gasteiger partial charge in [0, 0.05) is 31.7 Å². The van der Waals surface area contributed by atoms with Crippen molar-refractivity contribution in [3.05, 3.63) is 31.9 Å². The van der Waals surface area contributed by atoms with Crippen molar-refractivity contribution < 1.29 is 9.53 Å². The summed E-state index contributed by atoms with van der Waals surface area (Å²) >= 11 is 6.70. The van der Waals surface area contributed by atoms with E-state index in [0.717, 1.165) is 24.2 Å². The Bertz CT molecular complexity index is 1050. The Labute approximate surface area is 199 Å². The van der Waals surface area contributed by atoms with Crippen LogP contribution in [-0.2, 0) is 16.1 Å². The number of amides is 1. The lowest BCUT2D eigenvalue weighted by atomic mass is 10.0. The zero-order valence-corrected chi connectivity index (χ0v) is 20.9. The molecule has 0 aliphatic carbocycles. The lowest BCUT2D eigenvalue weighted by Gasteiger charge is -2.39. The van der Waals surface area contributed by atoms with E-state index in [1.807, 2.05) is 33.8 Å². The van der Waals surface area contributed by atoms with E-state index < -0.39 is 0 Å². The minimum absolute atomic E-state index is 0.00417. The highest BCUT2D eigenvalue weighted by molar-refractivity contribution is 8.26. The highest BCUT2D eigenvalue weighted by atomic mass is 32.2. The van der Waals surface area contributed by atoms with Crippen LogP contribution in [0.4, 0.5) is 5.82 Å². The van der Waals surface area contributed by atoms with Gasteiger partial charge in [0.05, 0.1) is 17.1 Å². The number of rotatable bonds is 6. The molecule has 0 bridgehead atoms. The molecule has 2 aliphatic rings. The van der Waals surface area contributed by atoms with Crippen molar-refractivity contribution in [1.29, 1.82) is 5.26 Å². The van der Waals surface area contributed by atoms with E-state index in [1.165, 1.54) is 11.8 Å². The van der Waals surface area contributed by atoms with E-state index in [1.54, 1.807) is 16.4 Å². The molecule has 32 heavy (non-hydrogen) atoms. The number of nitriles is 1. The summed E-state index contributed by atoms with van der Waals surface area (Å²) in [5.41, 5.74) is 1.15. The predicted molar refractivity (Wildman–Crippen MR) is 133 cm³/mol. The molecule has 0 N–H and O–H groups in total. The van der Waals surface area contributed by atoms with Gasteiger partial charge in [-0.2, -0.15) is 5.26 Å². The third-order valence-electron chi connectivity index (χ3n) is 5.61. The second kappa shape index (κ2) is 10.2. The average molecular weight is 475 g/mol. The van der Waals surface area contributed by atoms with Crippen molar-refractivity contribution in [2.24, 2.45) is 0 Å². The van der Waals surface area contributed by atoms with Gasteiger partial charge in [-0.15, -0.1) is 0 Å². The van der Waals surface area contributed by atoms with E-state index in [9.17, 15) is 14.9 Å². The van der Waals surface area contributed by atoms with Gasteiger partial charge in [0.25, 0.3) is 11.5 Å². The highest BCUT2D eigenvalue weighted by Crippen LogP contribution is 2.36. The number of carbonyl (C=O) groups is 1. The standard InChI is InChI=1S/C23H30N4O3S2/c1-6-8-26-20(25-12-14(3)30-15(4)13-25)17(16(5)18(11-24)21(26)28)10-19-22(29)27(9-7-2)23(31)32-19/h10,14-15H,6-9,12-13H2,1-5H3/b19-10+. The zero-order chi connectivity index (χ0) is 23.6. The molecule has 1 aromatic heterocycles. The van der Waals surface area contributed by atoms with Crippen molar-refractivity contribution in [2.75, 3.05) is 24.5 Å². The Kier molecular flexibility index (Phi) is 7.80. The number of pyridine rings is 1. The Morgan fingerprint density at radius 3 is 2.38 bits per heavy atom. The summed E-state index contributed by atoms with van der Waals surface area (Å²) in [5, 5.41) is 9.75. The first kappa shape index (κ1) is 24.5. The maximum absolute atomic E-state index is 13.2. The van der Waals surface area contributed by atoms with Gasteiger partial charge in [0.15, 0.2) is 0 Å². The lowest BCUT2D eigenvalue weighted by Crippen LogP contribution is -2.48. The van der Waals surface area contributed by atoms with Crippen LogP contribution in [-0.4, -0.2) is 51.5 Å². The minimum atomic E-state index is -0.288. The zero-order valence-electron chi connectivity index (χ0n) is 19.3. The normalized spacial score (nSPS) is 22.7. The second-order valence-electron chi connectivity index (χ2n) is 8.30. The van der Waals surface area contributed by atoms with Crippen LogP contribution in [0.2, 0.25) is 0 Å². The van der Waals surface area contributed by atoms with E-state index in [-0.39, 0.29) is 29.2 Å². The lowest BCUT2D eigenvalue weighted by molar-refractivity contribution is -0.122. The molecular formula is C23H30N4O3S2. The third-order valence-corrected chi connectivity index (χ3v) is 6.99. The van der Waals surface area contributed by atoms with E-state index in [0.29, 0.717) is 41.0 Å². The molecule has 2 fully saturated rings. The summed E-state index contributed by atoms with van der Waals surface area (Å²) in [6.45, 7) is 12.1. The van der Waals surface area contributed by atoms with Crippen LogP contribution in [0.5, 0.6) is 0 Å². The first-order valence-electron chi connectivity index (χ1n) is 11.1. The fraction of sp³-hybridized carbons (Fsp3) is 0.565. The molecule has 0 saturated carbocycles. The molecule has 3 rings (SSSR count). The smallest absolute Gasteiger partial charge is 0.270 e. The molecule has 0 aromatic carbocycles. The minimum Gasteiger partial charge on any atom is -0.372 e. The quantitative estimate of drug-likeness (QED) is 0.460. The number of ether oxygens (including phenoxy) is 1. The molecule has 1 amide bonds. The summed E-state index contributed by atoms with van der Waals surface area (Å²) in [7, 11) is 0. The van der Waals surface area contributed by atoms with Crippen LogP contribution in [0, 0.1) is 18.3 Å². The largest absolute Gasteiger partial charge is 0.372 e. The van der Waals surface area contributed by atoms with E-state index in [2.05, 4.69) is 11.0 Å². The summed E-state index contributed by atoms with van der Waals surface area (Å²) in [4.78, 5) is 30.6. The van der Waals surface area contributed by atoms with Crippen molar-refractivity contribution in [3.63, 3.8) is 0 Å². The Morgan fingerprint density at radius 2 is 1.81 bits per heavy atom. The number of morpholine rings is 1. The van der Waals surface area contributed by atoms with Crippen LogP contribution >= 0.6 is 24.0 Å². The van der Waals surface area contributed by atoms with E-state index in [4.69, 9.17) is 17.0 Å². The summed E-state index contributed by atoms with van der Waals surface area (Å²) < 4.78 is 8.14. The number of hydrogen-bond donors (Lipinski definition) is 0. The Hall–Kier alpha value is -2.15. The Balaban J connectivity index is 2.26. The fourth-order valence-corrected chi connectivity index (χ4v) is 5.60. The highest BCUT2D eigenvalue weighted by Gasteiger charge is 2.33. The molecule has 2 aliphatic heterocycles. The van der Waals surface area contributed by atoms with Crippen molar-refractivity contribution in [3.8, 4) is 6.07 Å². The van der Waals surface area contributed by atoms with Crippen LogP contribution < -0.4 is 10.5 Å². The van der Waals surface area contributed by atoms with Gasteiger partial charge in [-0.3, -0.25) is 19.1 Å². The number of nitrogens with zero attached hydrogens (tertiary/aromatic N) is 4. The number of carbonyl (C=O) groups excluding carboxylic acids is 1. The van der Waals surface area contributed by atoms with Gasteiger partial charge in [0.1, 0.15) is 21.8 Å². The molecule has 2 atom stereocenters. The van der Waals surface area contributed by atoms with Crippen LogP contribution in [0.15, 0.2) is 9.70 Å². The Morgan fingerprint density at radius 1 is 1.19 bits per heavy atom. The summed E-state index contributed by atoms with van der Waals surface area (Å²) in [5.74, 6) is 0.624. The van der Waals surface area contributed by atoms with Gasteiger partial charge >= 0.3 is 0 Å². The molecule has 0 spiro atoms. The van der Waals surface area contributed by atoms with E-state index >= 15 is 0 Å². The van der Waals surface area contributed by atoms with Crippen molar-refractivity contribution >= 4 is 46.1 Å². The van der Waals surface area contributed by atoms with Crippen LogP contribution in [0.25, 0.3) is 6.08 Å². The molecule has 9 heteroatoms. The first-order chi connectivity index (χ1) is 15.2. The average Bonchev–Trinajstić information content (AvgIpc) is 2.99. The topological polar surface area (TPSA) is 78.6 Å². The molecule has 0 radical (unpaired) electrons. The molecule has 2 unspecified atom stereocenters. The summed E-state index contributed by atoms with van der Waals surface area (Å²) in [6.07, 6.45) is 3.37. The second-order valence-corrected chi connectivity index (χ2v) is 9.98. The molecule has 7 nitrogen and oxygen atoms in total. The molecule has 172 valence electrons. The number of thioether (sulfide) groups is 1. The SMILES string of the molecule is CCCN1C(=O)/C(=C\c2c(C)c(C#N)c(=O)n(CCC)c2N2CC(C)OC(C)C2)SC1=S. The first-order valence-corrected chi connectivity index (χ1v) is 12.3. The third kappa shape index (κ3) is 4.63. The maximum Gasteiger partial charge on any atom is 0.270 e. The number of anilines is 1. The maximum atomic E-state index is 13.2. The molecule has 1 aromatic rings. The number of hydrogen-bond acceptors (Lipinski definition) is 7. The van der Waals surface area contributed by atoms with Crippen LogP contribution in [0.1, 0.15) is 57.2 Å².